The van der Waals surface area contributed by atoms with Crippen LogP contribution in [-0.4, -0.2) is 39.7 Å². The Morgan fingerprint density at radius 3 is 2.89 bits per heavy atom. The first-order valence-corrected chi connectivity index (χ1v) is 10.3. The largest absolute Gasteiger partial charge is 0.494 e. The van der Waals surface area contributed by atoms with E-state index in [4.69, 9.17) is 21.9 Å². The van der Waals surface area contributed by atoms with Crippen molar-refractivity contribution in [3.05, 3.63) is 53.9 Å². The number of thiocarbonyl (C=S) groups is 1. The first-order chi connectivity index (χ1) is 13.6. The van der Waals surface area contributed by atoms with Gasteiger partial charge in [-0.15, -0.1) is 0 Å². The van der Waals surface area contributed by atoms with E-state index in [0.29, 0.717) is 12.5 Å². The van der Waals surface area contributed by atoms with Gasteiger partial charge in [0.05, 0.1) is 17.6 Å². The number of aromatic nitrogens is 2. The predicted octanol–water partition coefficient (Wildman–Crippen LogP) is 4.85. The van der Waals surface area contributed by atoms with Crippen LogP contribution in [0.2, 0.25) is 0 Å². The molecule has 1 saturated heterocycles. The van der Waals surface area contributed by atoms with Gasteiger partial charge >= 0.3 is 0 Å². The first kappa shape index (κ1) is 18.7. The molecule has 0 amide bonds. The lowest BCUT2D eigenvalue weighted by Crippen LogP contribution is -2.41. The highest BCUT2D eigenvalue weighted by molar-refractivity contribution is 7.80. The second-order valence-electron chi connectivity index (χ2n) is 7.32. The van der Waals surface area contributed by atoms with E-state index in [1.165, 1.54) is 5.56 Å². The molecule has 3 aromatic rings. The molecular weight excluding hydrogens is 368 g/mol. The molecule has 2 N–H and O–H groups in total. The number of ether oxygens (including phenoxy) is 1. The van der Waals surface area contributed by atoms with Gasteiger partial charge in [-0.2, -0.15) is 0 Å². The molecule has 1 atom stereocenters. The SMILES string of the molecule is CCOc1ccc(NC(=S)N2CCCC(c3nc4ccc(C)cc4[nH]3)C2)cc1. The van der Waals surface area contributed by atoms with Crippen molar-refractivity contribution in [2.75, 3.05) is 25.0 Å². The molecule has 6 heteroatoms. The van der Waals surface area contributed by atoms with Crippen molar-refractivity contribution < 1.29 is 4.74 Å². The highest BCUT2D eigenvalue weighted by Gasteiger charge is 2.25. The van der Waals surface area contributed by atoms with Crippen LogP contribution in [-0.2, 0) is 0 Å². The fraction of sp³-hybridized carbons (Fsp3) is 0.364. The molecule has 1 aliphatic rings. The van der Waals surface area contributed by atoms with Crippen molar-refractivity contribution in [1.82, 2.24) is 14.9 Å². The van der Waals surface area contributed by atoms with Crippen LogP contribution in [0.4, 0.5) is 5.69 Å². The third-order valence-electron chi connectivity index (χ3n) is 5.17. The molecule has 0 saturated carbocycles. The summed E-state index contributed by atoms with van der Waals surface area (Å²) in [5.41, 5.74) is 4.37. The maximum atomic E-state index is 5.68. The first-order valence-electron chi connectivity index (χ1n) is 9.87. The number of aromatic amines is 1. The maximum Gasteiger partial charge on any atom is 0.173 e. The average molecular weight is 395 g/mol. The molecule has 28 heavy (non-hydrogen) atoms. The van der Waals surface area contributed by atoms with Gasteiger partial charge in [0.15, 0.2) is 5.11 Å². The molecular formula is C22H26N4OS. The molecule has 146 valence electrons. The van der Waals surface area contributed by atoms with Gasteiger partial charge in [-0.1, -0.05) is 6.07 Å². The molecule has 0 bridgehead atoms. The van der Waals surface area contributed by atoms with Crippen molar-refractivity contribution in [2.24, 2.45) is 0 Å². The van der Waals surface area contributed by atoms with Crippen LogP contribution in [0.3, 0.4) is 0 Å². The maximum absolute atomic E-state index is 5.68. The highest BCUT2D eigenvalue weighted by Crippen LogP contribution is 2.27. The molecule has 1 aromatic heterocycles. The zero-order valence-electron chi connectivity index (χ0n) is 16.4. The molecule has 1 fully saturated rings. The van der Waals surface area contributed by atoms with Gasteiger partial charge in [0.25, 0.3) is 0 Å². The summed E-state index contributed by atoms with van der Waals surface area (Å²) in [6, 6.07) is 14.3. The minimum atomic E-state index is 0.363. The zero-order valence-corrected chi connectivity index (χ0v) is 17.2. The Morgan fingerprint density at radius 2 is 2.11 bits per heavy atom. The van der Waals surface area contributed by atoms with E-state index in [0.717, 1.165) is 59.3 Å². The van der Waals surface area contributed by atoms with Gasteiger partial charge in [-0.3, -0.25) is 0 Å². The Balaban J connectivity index is 1.42. The van der Waals surface area contributed by atoms with Crippen molar-refractivity contribution in [3.63, 3.8) is 0 Å². The van der Waals surface area contributed by atoms with Crippen LogP contribution in [0.25, 0.3) is 11.0 Å². The number of imidazole rings is 1. The summed E-state index contributed by atoms with van der Waals surface area (Å²) in [5.74, 6) is 2.30. The summed E-state index contributed by atoms with van der Waals surface area (Å²) in [5, 5.41) is 4.12. The van der Waals surface area contributed by atoms with Crippen LogP contribution >= 0.6 is 12.2 Å². The Labute approximate surface area is 171 Å². The normalized spacial score (nSPS) is 16.9. The van der Waals surface area contributed by atoms with E-state index in [1.807, 2.05) is 31.2 Å². The van der Waals surface area contributed by atoms with Crippen LogP contribution in [0.5, 0.6) is 5.75 Å². The number of nitrogens with one attached hydrogen (secondary N) is 2. The van der Waals surface area contributed by atoms with Gasteiger partial charge in [-0.05, 0) is 80.9 Å². The van der Waals surface area contributed by atoms with E-state index in [-0.39, 0.29) is 0 Å². The number of rotatable bonds is 4. The summed E-state index contributed by atoms with van der Waals surface area (Å²) in [6.07, 6.45) is 2.23. The third kappa shape index (κ3) is 4.12. The van der Waals surface area contributed by atoms with E-state index >= 15 is 0 Å². The number of benzene rings is 2. The lowest BCUT2D eigenvalue weighted by Gasteiger charge is -2.33. The minimum Gasteiger partial charge on any atom is -0.494 e. The Kier molecular flexibility index (Phi) is 5.48. The predicted molar refractivity (Wildman–Crippen MR) is 118 cm³/mol. The monoisotopic (exact) mass is 394 g/mol. The molecule has 4 rings (SSSR count). The summed E-state index contributed by atoms with van der Waals surface area (Å²) < 4.78 is 5.50. The average Bonchev–Trinajstić information content (AvgIpc) is 3.13. The van der Waals surface area contributed by atoms with E-state index < -0.39 is 0 Å². The Bertz CT molecular complexity index is 966. The number of hydrogen-bond acceptors (Lipinski definition) is 3. The van der Waals surface area contributed by atoms with E-state index in [2.05, 4.69) is 40.3 Å². The number of piperidine rings is 1. The number of fused-ring (bicyclic) bond motifs is 1. The molecule has 2 aromatic carbocycles. The van der Waals surface area contributed by atoms with Crippen LogP contribution < -0.4 is 10.1 Å². The van der Waals surface area contributed by atoms with Crippen molar-refractivity contribution in [2.45, 2.75) is 32.6 Å². The second-order valence-corrected chi connectivity index (χ2v) is 7.70. The number of aryl methyl sites for hydroxylation is 1. The van der Waals surface area contributed by atoms with E-state index in [9.17, 15) is 0 Å². The smallest absolute Gasteiger partial charge is 0.173 e. The number of hydrogen-bond donors (Lipinski definition) is 2. The van der Waals surface area contributed by atoms with Gasteiger partial charge in [-0.25, -0.2) is 4.98 Å². The number of H-pyrrole nitrogens is 1. The fourth-order valence-corrected chi connectivity index (χ4v) is 4.01. The lowest BCUT2D eigenvalue weighted by atomic mass is 9.98. The molecule has 1 unspecified atom stereocenters. The summed E-state index contributed by atoms with van der Waals surface area (Å²) >= 11 is 5.68. The Hall–Kier alpha value is -2.60. The Morgan fingerprint density at radius 1 is 1.29 bits per heavy atom. The van der Waals surface area contributed by atoms with Gasteiger partial charge < -0.3 is 19.9 Å². The molecule has 2 heterocycles. The summed E-state index contributed by atoms with van der Waals surface area (Å²) in [4.78, 5) is 10.6. The van der Waals surface area contributed by atoms with Crippen molar-refractivity contribution >= 4 is 34.1 Å². The molecule has 0 spiro atoms. The van der Waals surface area contributed by atoms with Crippen molar-refractivity contribution in [3.8, 4) is 5.75 Å². The molecule has 5 nitrogen and oxygen atoms in total. The molecule has 0 aliphatic carbocycles. The second kappa shape index (κ2) is 8.19. The quantitative estimate of drug-likeness (QED) is 0.620. The van der Waals surface area contributed by atoms with Gasteiger partial charge in [0.1, 0.15) is 11.6 Å². The summed E-state index contributed by atoms with van der Waals surface area (Å²) in [7, 11) is 0. The van der Waals surface area contributed by atoms with Crippen LogP contribution in [0.1, 0.15) is 37.1 Å². The minimum absolute atomic E-state index is 0.363. The van der Waals surface area contributed by atoms with Gasteiger partial charge in [0, 0.05) is 24.7 Å². The third-order valence-corrected chi connectivity index (χ3v) is 5.53. The molecule has 0 radical (unpaired) electrons. The van der Waals surface area contributed by atoms with Crippen LogP contribution in [0.15, 0.2) is 42.5 Å². The fourth-order valence-electron chi connectivity index (χ4n) is 3.73. The zero-order chi connectivity index (χ0) is 19.5. The number of anilines is 1. The molecule has 1 aliphatic heterocycles. The lowest BCUT2D eigenvalue weighted by molar-refractivity contribution is 0.307. The standard InChI is InChI=1S/C22H26N4OS/c1-3-27-18-9-7-17(8-10-18)23-22(28)26-12-4-5-16(14-26)21-24-19-11-6-15(2)13-20(19)25-21/h6-11,13,16H,3-5,12,14H2,1-2H3,(H,23,28)(H,24,25). The topological polar surface area (TPSA) is 53.2 Å². The highest BCUT2D eigenvalue weighted by atomic mass is 32.1. The van der Waals surface area contributed by atoms with E-state index in [1.54, 1.807) is 0 Å². The number of nitrogens with zero attached hydrogens (tertiary/aromatic N) is 2. The number of likely N-dealkylation sites (tertiary alicyclic amines) is 1. The van der Waals surface area contributed by atoms with Gasteiger partial charge in [0.2, 0.25) is 0 Å². The van der Waals surface area contributed by atoms with Crippen molar-refractivity contribution in [1.29, 1.82) is 0 Å². The summed E-state index contributed by atoms with van der Waals surface area (Å²) in [6.45, 7) is 6.60. The van der Waals surface area contributed by atoms with Crippen LogP contribution in [0, 0.1) is 6.92 Å².